The fourth-order valence-corrected chi connectivity index (χ4v) is 4.83. The standard InChI is InChI=1S/C25H29N2.CH4/c1-24(2)18-12-7-9-14-20(18)26(5)22(24)16-11-17-23-25(3,4)19-13-8-10-15-21(19)27(23)6;/h7-17H,1-6H3;1H4/q+1;. The monoisotopic (exact) mass is 373 g/mol. The van der Waals surface area contributed by atoms with E-state index in [-0.39, 0.29) is 18.3 Å². The van der Waals surface area contributed by atoms with E-state index in [0.29, 0.717) is 0 Å². The van der Waals surface area contributed by atoms with Crippen LogP contribution in [-0.2, 0) is 10.8 Å². The number of fused-ring (bicyclic) bond motifs is 2. The molecule has 0 aromatic heterocycles. The summed E-state index contributed by atoms with van der Waals surface area (Å²) in [6, 6.07) is 17.4. The predicted molar refractivity (Wildman–Crippen MR) is 122 cm³/mol. The fourth-order valence-electron chi connectivity index (χ4n) is 4.83. The second kappa shape index (κ2) is 6.77. The number of allylic oxidation sites excluding steroid dienone is 4. The molecule has 2 aliphatic rings. The van der Waals surface area contributed by atoms with E-state index in [1.807, 2.05) is 0 Å². The van der Waals surface area contributed by atoms with Crippen LogP contribution in [0.5, 0.6) is 0 Å². The van der Waals surface area contributed by atoms with Crippen LogP contribution in [0, 0.1) is 0 Å². The number of nitrogens with zero attached hydrogens (tertiary/aromatic N) is 2. The van der Waals surface area contributed by atoms with Crippen LogP contribution >= 0.6 is 0 Å². The molecule has 0 amide bonds. The first-order valence-corrected chi connectivity index (χ1v) is 9.69. The van der Waals surface area contributed by atoms with Crippen molar-refractivity contribution in [2.45, 2.75) is 46.0 Å². The first-order valence-electron chi connectivity index (χ1n) is 9.69. The molecule has 2 aromatic carbocycles. The molecule has 2 aliphatic heterocycles. The Morgan fingerprint density at radius 3 is 2.11 bits per heavy atom. The summed E-state index contributed by atoms with van der Waals surface area (Å²) < 4.78 is 2.32. The Kier molecular flexibility index (Phi) is 4.87. The highest BCUT2D eigenvalue weighted by Gasteiger charge is 2.42. The summed E-state index contributed by atoms with van der Waals surface area (Å²) in [7, 11) is 4.34. The van der Waals surface area contributed by atoms with Crippen LogP contribution in [0.15, 0.2) is 72.5 Å². The third-order valence-corrected chi connectivity index (χ3v) is 6.39. The number of benzene rings is 2. The number of anilines is 1. The normalized spacial score (nSPS) is 20.5. The van der Waals surface area contributed by atoms with Crippen molar-refractivity contribution in [3.05, 3.63) is 83.6 Å². The molecule has 0 fully saturated rings. The number of rotatable bonds is 2. The fraction of sp³-hybridized carbons (Fsp3) is 0.346. The van der Waals surface area contributed by atoms with Gasteiger partial charge in [-0.2, -0.15) is 4.58 Å². The Bertz CT molecular complexity index is 1000. The Balaban J connectivity index is 0.00000225. The van der Waals surface area contributed by atoms with Gasteiger partial charge in [0.05, 0.1) is 5.41 Å². The van der Waals surface area contributed by atoms with Gasteiger partial charge in [0.25, 0.3) is 0 Å². The molecule has 2 nitrogen and oxygen atoms in total. The topological polar surface area (TPSA) is 6.25 Å². The van der Waals surface area contributed by atoms with Gasteiger partial charge in [0.15, 0.2) is 5.71 Å². The lowest BCUT2D eigenvalue weighted by atomic mass is 9.81. The molecule has 0 atom stereocenters. The molecule has 0 saturated heterocycles. The van der Waals surface area contributed by atoms with Gasteiger partial charge < -0.3 is 4.90 Å². The lowest BCUT2D eigenvalue weighted by molar-refractivity contribution is -0.401. The van der Waals surface area contributed by atoms with E-state index in [0.717, 1.165) is 0 Å². The third-order valence-electron chi connectivity index (χ3n) is 6.39. The molecule has 4 rings (SSSR count). The van der Waals surface area contributed by atoms with E-state index in [9.17, 15) is 0 Å². The van der Waals surface area contributed by atoms with E-state index < -0.39 is 0 Å². The van der Waals surface area contributed by atoms with Gasteiger partial charge in [0.1, 0.15) is 7.05 Å². The molecule has 0 radical (unpaired) electrons. The molecule has 2 heterocycles. The first-order chi connectivity index (χ1) is 12.8. The lowest BCUT2D eigenvalue weighted by Gasteiger charge is -2.23. The summed E-state index contributed by atoms with van der Waals surface area (Å²) >= 11 is 0. The van der Waals surface area contributed by atoms with Crippen LogP contribution in [0.25, 0.3) is 0 Å². The Morgan fingerprint density at radius 1 is 0.857 bits per heavy atom. The summed E-state index contributed by atoms with van der Waals surface area (Å²) in [5.41, 5.74) is 8.09. The average molecular weight is 374 g/mol. The lowest BCUT2D eigenvalue weighted by Crippen LogP contribution is -2.26. The minimum absolute atomic E-state index is 0. The zero-order chi connectivity index (χ0) is 19.4. The van der Waals surface area contributed by atoms with Crippen LogP contribution < -0.4 is 4.90 Å². The molecule has 2 aromatic rings. The van der Waals surface area contributed by atoms with Gasteiger partial charge in [-0.25, -0.2) is 0 Å². The van der Waals surface area contributed by atoms with Crippen molar-refractivity contribution in [3.63, 3.8) is 0 Å². The minimum Gasteiger partial charge on any atom is -0.347 e. The predicted octanol–water partition coefficient (Wildman–Crippen LogP) is 6.20. The van der Waals surface area contributed by atoms with Crippen LogP contribution in [0.4, 0.5) is 11.4 Å². The maximum atomic E-state index is 2.32. The summed E-state index contributed by atoms with van der Waals surface area (Å²) in [6.45, 7) is 9.24. The van der Waals surface area contributed by atoms with Gasteiger partial charge in [-0.05, 0) is 31.6 Å². The molecular formula is C26H33N2+. The molecule has 0 bridgehead atoms. The second-order valence-electron chi connectivity index (χ2n) is 8.70. The van der Waals surface area contributed by atoms with Crippen molar-refractivity contribution in [3.8, 4) is 0 Å². The van der Waals surface area contributed by atoms with E-state index in [1.54, 1.807) is 0 Å². The van der Waals surface area contributed by atoms with Crippen molar-refractivity contribution in [2.24, 2.45) is 0 Å². The number of hydrogen-bond donors (Lipinski definition) is 0. The van der Waals surface area contributed by atoms with E-state index in [2.05, 4.69) is 118 Å². The first kappa shape index (κ1) is 20.1. The maximum absolute atomic E-state index is 2.32. The van der Waals surface area contributed by atoms with Crippen LogP contribution in [-0.4, -0.2) is 24.4 Å². The zero-order valence-electron chi connectivity index (χ0n) is 17.2. The van der Waals surface area contributed by atoms with Crippen LogP contribution in [0.2, 0.25) is 0 Å². The number of para-hydroxylation sites is 2. The quantitative estimate of drug-likeness (QED) is 0.568. The van der Waals surface area contributed by atoms with Crippen LogP contribution in [0.3, 0.4) is 0 Å². The Labute approximate surface area is 170 Å². The van der Waals surface area contributed by atoms with Gasteiger partial charge >= 0.3 is 0 Å². The molecule has 0 unspecified atom stereocenters. The maximum Gasteiger partial charge on any atom is 0.209 e. The van der Waals surface area contributed by atoms with Gasteiger partial charge in [-0.3, -0.25) is 0 Å². The number of likely N-dealkylation sites (N-methyl/N-ethyl adjacent to an activating group) is 1. The molecule has 2 heteroatoms. The molecule has 28 heavy (non-hydrogen) atoms. The van der Waals surface area contributed by atoms with E-state index in [1.165, 1.54) is 33.9 Å². The molecule has 0 spiro atoms. The second-order valence-corrected chi connectivity index (χ2v) is 8.70. The van der Waals surface area contributed by atoms with Crippen LogP contribution in [0.1, 0.15) is 46.2 Å². The summed E-state index contributed by atoms with van der Waals surface area (Å²) in [5.74, 6) is 0. The largest absolute Gasteiger partial charge is 0.347 e. The Hall–Kier alpha value is -2.61. The molecule has 0 aliphatic carbocycles. The van der Waals surface area contributed by atoms with E-state index in [4.69, 9.17) is 0 Å². The SMILES string of the molecule is C.CN1C(=CC=CC2=[N+](C)c3ccccc3C2(C)C)C(C)(C)c2ccccc21. The minimum atomic E-state index is 0. The highest BCUT2D eigenvalue weighted by molar-refractivity contribution is 6.03. The average Bonchev–Trinajstić information content (AvgIpc) is 2.96. The van der Waals surface area contributed by atoms with Crippen molar-refractivity contribution in [1.82, 2.24) is 0 Å². The molecule has 0 saturated carbocycles. The number of hydrogen-bond acceptors (Lipinski definition) is 1. The van der Waals surface area contributed by atoms with Crippen molar-refractivity contribution in [1.29, 1.82) is 0 Å². The molecule has 146 valence electrons. The van der Waals surface area contributed by atoms with E-state index >= 15 is 0 Å². The van der Waals surface area contributed by atoms with Gasteiger partial charge in [0, 0.05) is 41.6 Å². The highest BCUT2D eigenvalue weighted by Crippen LogP contribution is 2.46. The molecule has 0 N–H and O–H groups in total. The van der Waals surface area contributed by atoms with Gasteiger partial charge in [-0.15, -0.1) is 0 Å². The molecular weight excluding hydrogens is 340 g/mol. The zero-order valence-corrected chi connectivity index (χ0v) is 17.2. The van der Waals surface area contributed by atoms with Gasteiger partial charge in [0.2, 0.25) is 5.69 Å². The summed E-state index contributed by atoms with van der Waals surface area (Å²) in [6.07, 6.45) is 6.78. The smallest absolute Gasteiger partial charge is 0.209 e. The van der Waals surface area contributed by atoms with Gasteiger partial charge in [-0.1, -0.05) is 63.7 Å². The van der Waals surface area contributed by atoms with Crippen molar-refractivity contribution in [2.75, 3.05) is 19.0 Å². The summed E-state index contributed by atoms with van der Waals surface area (Å²) in [5, 5.41) is 0. The Morgan fingerprint density at radius 2 is 1.46 bits per heavy atom. The summed E-state index contributed by atoms with van der Waals surface area (Å²) in [4.78, 5) is 2.32. The third kappa shape index (κ3) is 2.74. The highest BCUT2D eigenvalue weighted by atomic mass is 15.2. The van der Waals surface area contributed by atoms with Crippen molar-refractivity contribution < 1.29 is 4.58 Å². The van der Waals surface area contributed by atoms with Crippen molar-refractivity contribution >= 4 is 17.1 Å².